The number of hydrogen-bond donors (Lipinski definition) is 3. The van der Waals surface area contributed by atoms with Crippen molar-refractivity contribution in [2.45, 2.75) is 12.8 Å². The van der Waals surface area contributed by atoms with Gasteiger partial charge in [0, 0.05) is 17.6 Å². The largest absolute Gasteiger partial charge is 0.478 e. The zero-order valence-corrected chi connectivity index (χ0v) is 8.94. The number of aliphatic hydroxyl groups is 1. The molecule has 0 saturated heterocycles. The van der Waals surface area contributed by atoms with Crippen LogP contribution >= 0.6 is 0 Å². The van der Waals surface area contributed by atoms with Gasteiger partial charge in [0.05, 0.1) is 12.2 Å². The van der Waals surface area contributed by atoms with Crippen LogP contribution in [-0.2, 0) is 0 Å². The van der Waals surface area contributed by atoms with Gasteiger partial charge < -0.3 is 15.5 Å². The molecule has 3 N–H and O–H groups in total. The van der Waals surface area contributed by atoms with Crippen LogP contribution < -0.4 is 5.32 Å². The van der Waals surface area contributed by atoms with E-state index in [1.165, 1.54) is 0 Å². The van der Waals surface area contributed by atoms with Crippen LogP contribution in [0.1, 0.15) is 23.2 Å². The van der Waals surface area contributed by atoms with E-state index in [1.54, 1.807) is 18.2 Å². The van der Waals surface area contributed by atoms with Gasteiger partial charge in [-0.2, -0.15) is 0 Å². The summed E-state index contributed by atoms with van der Waals surface area (Å²) in [4.78, 5) is 10.8. The molecule has 0 radical (unpaired) electrons. The summed E-state index contributed by atoms with van der Waals surface area (Å²) in [5.74, 6) is -0.924. The van der Waals surface area contributed by atoms with Crippen LogP contribution in [-0.4, -0.2) is 29.3 Å². The van der Waals surface area contributed by atoms with Crippen molar-refractivity contribution < 1.29 is 15.0 Å². The third kappa shape index (κ3) is 2.33. The second-order valence-electron chi connectivity index (χ2n) is 4.40. The summed E-state index contributed by atoms with van der Waals surface area (Å²) in [6.45, 7) is 0.894. The number of carboxylic acids is 1. The number of carbonyl (C=O) groups is 1. The van der Waals surface area contributed by atoms with Crippen molar-refractivity contribution in [2.24, 2.45) is 5.41 Å². The maximum absolute atomic E-state index is 10.8. The maximum Gasteiger partial charge on any atom is 0.335 e. The normalized spacial score (nSPS) is 16.8. The zero-order chi connectivity index (χ0) is 11.6. The zero-order valence-electron chi connectivity index (χ0n) is 8.94. The van der Waals surface area contributed by atoms with E-state index >= 15 is 0 Å². The minimum absolute atomic E-state index is 0.0270. The van der Waals surface area contributed by atoms with Gasteiger partial charge in [-0.15, -0.1) is 0 Å². The predicted molar refractivity (Wildman–Crippen MR) is 60.6 cm³/mol. The summed E-state index contributed by atoms with van der Waals surface area (Å²) in [6.07, 6.45) is 2.07. The number of aliphatic hydroxyl groups excluding tert-OH is 1. The van der Waals surface area contributed by atoms with Crippen LogP contribution in [0.25, 0.3) is 0 Å². The lowest BCUT2D eigenvalue weighted by Gasteiger charge is -2.13. The Balaban J connectivity index is 1.99. The lowest BCUT2D eigenvalue weighted by molar-refractivity contribution is 0.0697. The first kappa shape index (κ1) is 11.0. The van der Waals surface area contributed by atoms with Crippen LogP contribution in [0.4, 0.5) is 5.69 Å². The molecule has 1 aliphatic rings. The molecule has 4 nitrogen and oxygen atoms in total. The van der Waals surface area contributed by atoms with E-state index in [4.69, 9.17) is 10.2 Å². The van der Waals surface area contributed by atoms with Crippen molar-refractivity contribution >= 4 is 11.7 Å². The highest BCUT2D eigenvalue weighted by Gasteiger charge is 2.41. The van der Waals surface area contributed by atoms with Crippen LogP contribution in [0.15, 0.2) is 24.3 Å². The van der Waals surface area contributed by atoms with Crippen LogP contribution in [0, 0.1) is 5.41 Å². The summed E-state index contributed by atoms with van der Waals surface area (Å²) in [7, 11) is 0. The molecule has 0 aromatic heterocycles. The van der Waals surface area contributed by atoms with E-state index < -0.39 is 5.97 Å². The van der Waals surface area contributed by atoms with Gasteiger partial charge in [0.1, 0.15) is 0 Å². The number of rotatable bonds is 5. The molecule has 0 aliphatic heterocycles. The average Bonchev–Trinajstić information content (AvgIpc) is 3.07. The molecule has 0 atom stereocenters. The highest BCUT2D eigenvalue weighted by Crippen LogP contribution is 2.44. The second-order valence-corrected chi connectivity index (χ2v) is 4.40. The molecule has 1 aliphatic carbocycles. The molecule has 4 heteroatoms. The topological polar surface area (TPSA) is 69.6 Å². The Morgan fingerprint density at radius 1 is 1.44 bits per heavy atom. The first-order chi connectivity index (χ1) is 7.65. The van der Waals surface area contributed by atoms with E-state index in [9.17, 15) is 4.79 Å². The Hall–Kier alpha value is -1.55. The molecular formula is C12H15NO3. The maximum atomic E-state index is 10.8. The molecule has 0 unspecified atom stereocenters. The van der Waals surface area contributed by atoms with Crippen molar-refractivity contribution in [2.75, 3.05) is 18.5 Å². The van der Waals surface area contributed by atoms with Crippen molar-refractivity contribution in [3.8, 4) is 0 Å². The summed E-state index contributed by atoms with van der Waals surface area (Å²) in [5, 5.41) is 21.1. The molecule has 16 heavy (non-hydrogen) atoms. The fourth-order valence-electron chi connectivity index (χ4n) is 1.62. The average molecular weight is 221 g/mol. The van der Waals surface area contributed by atoms with Crippen molar-refractivity contribution in [3.63, 3.8) is 0 Å². The Labute approximate surface area is 93.9 Å². The van der Waals surface area contributed by atoms with Crippen molar-refractivity contribution in [1.29, 1.82) is 0 Å². The molecule has 1 saturated carbocycles. The smallest absolute Gasteiger partial charge is 0.335 e. The predicted octanol–water partition coefficient (Wildman–Crippen LogP) is 1.57. The number of anilines is 1. The number of hydrogen-bond acceptors (Lipinski definition) is 3. The Morgan fingerprint density at radius 3 is 2.75 bits per heavy atom. The molecule has 0 heterocycles. The van der Waals surface area contributed by atoms with Gasteiger partial charge >= 0.3 is 5.97 Å². The molecule has 1 aromatic carbocycles. The fourth-order valence-corrected chi connectivity index (χ4v) is 1.62. The number of aromatic carboxylic acids is 1. The Morgan fingerprint density at radius 2 is 2.19 bits per heavy atom. The van der Waals surface area contributed by atoms with E-state index in [0.29, 0.717) is 6.54 Å². The van der Waals surface area contributed by atoms with E-state index in [-0.39, 0.29) is 17.6 Å². The first-order valence-corrected chi connectivity index (χ1v) is 5.33. The van der Waals surface area contributed by atoms with E-state index in [2.05, 4.69) is 5.32 Å². The lowest BCUT2D eigenvalue weighted by Crippen LogP contribution is -2.19. The molecule has 1 aromatic rings. The molecule has 86 valence electrons. The Kier molecular flexibility index (Phi) is 2.83. The number of nitrogens with one attached hydrogen (secondary N) is 1. The summed E-state index contributed by atoms with van der Waals surface area (Å²) in [5.41, 5.74) is 1.10. The minimum Gasteiger partial charge on any atom is -0.478 e. The lowest BCUT2D eigenvalue weighted by atomic mass is 10.1. The third-order valence-corrected chi connectivity index (χ3v) is 3.07. The first-order valence-electron chi connectivity index (χ1n) is 5.33. The van der Waals surface area contributed by atoms with Crippen LogP contribution in [0.2, 0.25) is 0 Å². The number of benzene rings is 1. The Bertz CT molecular complexity index is 399. The quantitative estimate of drug-likeness (QED) is 0.706. The van der Waals surface area contributed by atoms with Crippen LogP contribution in [0.5, 0.6) is 0 Å². The van der Waals surface area contributed by atoms with Gasteiger partial charge in [0.25, 0.3) is 0 Å². The highest BCUT2D eigenvalue weighted by atomic mass is 16.4. The standard InChI is InChI=1S/C12H15NO3/c14-8-12(4-5-12)7-13-10-3-1-2-9(6-10)11(15)16/h1-3,6,13-14H,4-5,7-8H2,(H,15,16). The van der Waals surface area contributed by atoms with E-state index in [0.717, 1.165) is 18.5 Å². The fraction of sp³-hybridized carbons (Fsp3) is 0.417. The third-order valence-electron chi connectivity index (χ3n) is 3.07. The molecule has 0 spiro atoms. The van der Waals surface area contributed by atoms with Crippen LogP contribution in [0.3, 0.4) is 0 Å². The van der Waals surface area contributed by atoms with Crippen molar-refractivity contribution in [1.82, 2.24) is 0 Å². The number of carboxylic acid groups (broad SMARTS) is 1. The van der Waals surface area contributed by atoms with Gasteiger partial charge in [-0.05, 0) is 31.0 Å². The monoisotopic (exact) mass is 221 g/mol. The van der Waals surface area contributed by atoms with Gasteiger partial charge in [-0.25, -0.2) is 4.79 Å². The molecular weight excluding hydrogens is 206 g/mol. The molecule has 1 fully saturated rings. The highest BCUT2D eigenvalue weighted by molar-refractivity contribution is 5.88. The van der Waals surface area contributed by atoms with E-state index in [1.807, 2.05) is 6.07 Å². The van der Waals surface area contributed by atoms with Gasteiger partial charge in [0.2, 0.25) is 0 Å². The van der Waals surface area contributed by atoms with Gasteiger partial charge in [-0.3, -0.25) is 0 Å². The molecule has 0 bridgehead atoms. The second kappa shape index (κ2) is 4.14. The molecule has 0 amide bonds. The van der Waals surface area contributed by atoms with Crippen molar-refractivity contribution in [3.05, 3.63) is 29.8 Å². The summed E-state index contributed by atoms with van der Waals surface area (Å²) in [6, 6.07) is 6.71. The summed E-state index contributed by atoms with van der Waals surface area (Å²) >= 11 is 0. The minimum atomic E-state index is -0.924. The van der Waals surface area contributed by atoms with Gasteiger partial charge in [0.15, 0.2) is 0 Å². The SMILES string of the molecule is O=C(O)c1cccc(NCC2(CO)CC2)c1. The van der Waals surface area contributed by atoms with Gasteiger partial charge in [-0.1, -0.05) is 6.07 Å². The summed E-state index contributed by atoms with van der Waals surface area (Å²) < 4.78 is 0. The molecule has 2 rings (SSSR count).